The fraction of sp³-hybridized carbons (Fsp3) is 0.444. The van der Waals surface area contributed by atoms with E-state index in [1.807, 2.05) is 18.7 Å². The van der Waals surface area contributed by atoms with E-state index in [0.29, 0.717) is 0 Å². The van der Waals surface area contributed by atoms with Crippen LogP contribution in [0.25, 0.3) is 5.82 Å². The number of aryl methyl sites for hydroxylation is 2. The molecule has 0 aliphatic heterocycles. The summed E-state index contributed by atoms with van der Waals surface area (Å²) >= 11 is 0. The molecular formula is C9H13N5. The van der Waals surface area contributed by atoms with Gasteiger partial charge in [-0.3, -0.25) is 4.68 Å². The summed E-state index contributed by atoms with van der Waals surface area (Å²) < 4.78 is 3.58. The van der Waals surface area contributed by atoms with Crippen LogP contribution < -0.4 is 0 Å². The average molecular weight is 191 g/mol. The summed E-state index contributed by atoms with van der Waals surface area (Å²) in [7, 11) is 1.92. The van der Waals surface area contributed by atoms with Crippen LogP contribution in [-0.2, 0) is 13.5 Å². The normalized spacial score (nSPS) is 10.8. The van der Waals surface area contributed by atoms with Crippen molar-refractivity contribution in [2.24, 2.45) is 7.05 Å². The molecule has 0 aliphatic rings. The minimum Gasteiger partial charge on any atom is -0.250 e. The van der Waals surface area contributed by atoms with Crippen LogP contribution in [-0.4, -0.2) is 24.5 Å². The Hall–Kier alpha value is -1.65. The van der Waals surface area contributed by atoms with Crippen molar-refractivity contribution in [2.75, 3.05) is 0 Å². The lowest BCUT2D eigenvalue weighted by atomic mass is 10.2. The van der Waals surface area contributed by atoms with Crippen molar-refractivity contribution in [3.63, 3.8) is 0 Å². The number of hydrogen-bond donors (Lipinski definition) is 0. The van der Waals surface area contributed by atoms with Gasteiger partial charge in [0, 0.05) is 12.6 Å². The second kappa shape index (κ2) is 3.25. The van der Waals surface area contributed by atoms with E-state index < -0.39 is 0 Å². The zero-order chi connectivity index (χ0) is 10.1. The van der Waals surface area contributed by atoms with Gasteiger partial charge in [0.1, 0.15) is 12.7 Å². The van der Waals surface area contributed by atoms with Crippen molar-refractivity contribution < 1.29 is 0 Å². The molecule has 0 N–H and O–H groups in total. The maximum absolute atomic E-state index is 4.37. The Morgan fingerprint density at radius 2 is 2.21 bits per heavy atom. The quantitative estimate of drug-likeness (QED) is 0.707. The molecule has 2 rings (SSSR count). The Balaban J connectivity index is 2.62. The lowest BCUT2D eigenvalue weighted by molar-refractivity contribution is 0.691. The maximum Gasteiger partial charge on any atom is 0.156 e. The summed E-state index contributed by atoms with van der Waals surface area (Å²) in [5.41, 5.74) is 2.28. The summed E-state index contributed by atoms with van der Waals surface area (Å²) in [6, 6.07) is 0. The highest BCUT2D eigenvalue weighted by Crippen LogP contribution is 2.16. The van der Waals surface area contributed by atoms with Gasteiger partial charge in [-0.1, -0.05) is 6.92 Å². The minimum absolute atomic E-state index is 0.953. The lowest BCUT2D eigenvalue weighted by Gasteiger charge is -2.03. The zero-order valence-electron chi connectivity index (χ0n) is 8.60. The van der Waals surface area contributed by atoms with Gasteiger partial charge in [0.05, 0.1) is 5.69 Å². The highest BCUT2D eigenvalue weighted by Gasteiger charge is 2.13. The molecule has 0 aliphatic carbocycles. The molecule has 0 unspecified atom stereocenters. The Bertz CT molecular complexity index is 426. The summed E-state index contributed by atoms with van der Waals surface area (Å²) in [6.07, 6.45) is 4.17. The van der Waals surface area contributed by atoms with Gasteiger partial charge < -0.3 is 0 Å². The third kappa shape index (κ3) is 1.21. The Morgan fingerprint density at radius 1 is 1.43 bits per heavy atom. The molecule has 2 aromatic heterocycles. The van der Waals surface area contributed by atoms with Gasteiger partial charge in [-0.25, -0.2) is 9.67 Å². The number of nitrogens with zero attached hydrogens (tertiary/aromatic N) is 5. The molecule has 0 radical (unpaired) electrons. The first-order valence-corrected chi connectivity index (χ1v) is 4.61. The van der Waals surface area contributed by atoms with Gasteiger partial charge in [-0.15, -0.1) is 0 Å². The first-order valence-electron chi connectivity index (χ1n) is 4.61. The van der Waals surface area contributed by atoms with Crippen LogP contribution in [0.5, 0.6) is 0 Å². The average Bonchev–Trinajstić information content (AvgIpc) is 2.72. The summed E-state index contributed by atoms with van der Waals surface area (Å²) in [5, 5.41) is 8.48. The molecule has 2 heterocycles. The van der Waals surface area contributed by atoms with Crippen LogP contribution in [0.3, 0.4) is 0 Å². The molecule has 0 saturated heterocycles. The fourth-order valence-corrected chi connectivity index (χ4v) is 1.71. The first kappa shape index (κ1) is 8.93. The molecule has 0 aromatic carbocycles. The van der Waals surface area contributed by atoms with Crippen molar-refractivity contribution in [1.82, 2.24) is 24.5 Å². The zero-order valence-corrected chi connectivity index (χ0v) is 8.60. The van der Waals surface area contributed by atoms with Gasteiger partial charge >= 0.3 is 0 Å². The van der Waals surface area contributed by atoms with Gasteiger partial charge in [0.25, 0.3) is 0 Å². The Morgan fingerprint density at radius 3 is 2.79 bits per heavy atom. The van der Waals surface area contributed by atoms with Crippen molar-refractivity contribution in [3.8, 4) is 5.82 Å². The van der Waals surface area contributed by atoms with E-state index in [1.54, 1.807) is 11.0 Å². The maximum atomic E-state index is 4.37. The molecular weight excluding hydrogens is 178 g/mol. The largest absolute Gasteiger partial charge is 0.250 e. The van der Waals surface area contributed by atoms with E-state index in [9.17, 15) is 0 Å². The second-order valence-corrected chi connectivity index (χ2v) is 3.20. The Kier molecular flexibility index (Phi) is 2.07. The minimum atomic E-state index is 0.953. The van der Waals surface area contributed by atoms with Gasteiger partial charge in [-0.2, -0.15) is 10.2 Å². The van der Waals surface area contributed by atoms with Gasteiger partial charge in [-0.05, 0) is 13.3 Å². The lowest BCUT2D eigenvalue weighted by Crippen LogP contribution is -2.05. The number of rotatable bonds is 2. The highest BCUT2D eigenvalue weighted by molar-refractivity contribution is 5.36. The standard InChI is InChI=1S/C9H13N5/c1-4-8-7(2)12-13(3)9(8)14-6-10-5-11-14/h5-6H,4H2,1-3H3. The third-order valence-corrected chi connectivity index (χ3v) is 2.30. The monoisotopic (exact) mass is 191 g/mol. The molecule has 0 bridgehead atoms. The van der Waals surface area contributed by atoms with Crippen molar-refractivity contribution >= 4 is 0 Å². The number of aromatic nitrogens is 5. The van der Waals surface area contributed by atoms with E-state index in [-0.39, 0.29) is 0 Å². The van der Waals surface area contributed by atoms with Crippen LogP contribution in [0.15, 0.2) is 12.7 Å². The summed E-state index contributed by atoms with van der Waals surface area (Å²) in [4.78, 5) is 3.94. The molecule has 5 nitrogen and oxygen atoms in total. The highest BCUT2D eigenvalue weighted by atomic mass is 15.4. The SMILES string of the molecule is CCc1c(C)nn(C)c1-n1cncn1. The van der Waals surface area contributed by atoms with E-state index in [0.717, 1.165) is 17.9 Å². The van der Waals surface area contributed by atoms with E-state index in [1.165, 1.54) is 11.9 Å². The Labute approximate surface area is 82.4 Å². The topological polar surface area (TPSA) is 48.5 Å². The molecule has 74 valence electrons. The van der Waals surface area contributed by atoms with Crippen LogP contribution in [0.4, 0.5) is 0 Å². The van der Waals surface area contributed by atoms with Gasteiger partial charge in [0.2, 0.25) is 0 Å². The van der Waals surface area contributed by atoms with Gasteiger partial charge in [0.15, 0.2) is 5.82 Å². The predicted molar refractivity (Wildman–Crippen MR) is 52.2 cm³/mol. The van der Waals surface area contributed by atoms with Crippen molar-refractivity contribution in [2.45, 2.75) is 20.3 Å². The van der Waals surface area contributed by atoms with Crippen LogP contribution >= 0.6 is 0 Å². The van der Waals surface area contributed by atoms with E-state index in [4.69, 9.17) is 0 Å². The summed E-state index contributed by atoms with van der Waals surface area (Å²) in [5.74, 6) is 1.00. The molecule has 0 spiro atoms. The van der Waals surface area contributed by atoms with Crippen LogP contribution in [0, 0.1) is 6.92 Å². The van der Waals surface area contributed by atoms with Crippen LogP contribution in [0.2, 0.25) is 0 Å². The van der Waals surface area contributed by atoms with E-state index in [2.05, 4.69) is 22.1 Å². The second-order valence-electron chi connectivity index (χ2n) is 3.20. The van der Waals surface area contributed by atoms with E-state index >= 15 is 0 Å². The molecule has 0 atom stereocenters. The molecule has 0 saturated carbocycles. The molecule has 0 amide bonds. The molecule has 2 aromatic rings. The summed E-state index contributed by atoms with van der Waals surface area (Å²) in [6.45, 7) is 4.13. The van der Waals surface area contributed by atoms with Crippen molar-refractivity contribution in [1.29, 1.82) is 0 Å². The molecule has 14 heavy (non-hydrogen) atoms. The van der Waals surface area contributed by atoms with Crippen LogP contribution in [0.1, 0.15) is 18.2 Å². The molecule has 0 fully saturated rings. The molecule has 5 heteroatoms. The number of hydrogen-bond acceptors (Lipinski definition) is 3. The predicted octanol–water partition coefficient (Wildman–Crippen LogP) is 0.872. The smallest absolute Gasteiger partial charge is 0.156 e. The third-order valence-electron chi connectivity index (χ3n) is 2.30. The van der Waals surface area contributed by atoms with Crippen molar-refractivity contribution in [3.05, 3.63) is 23.9 Å². The fourth-order valence-electron chi connectivity index (χ4n) is 1.71. The first-order chi connectivity index (χ1) is 6.74.